The Labute approximate surface area is 200 Å². The van der Waals surface area contributed by atoms with Crippen LogP contribution in [-0.2, 0) is 14.3 Å². The number of carbonyl (C=O) groups is 3. The molecule has 0 fully saturated rings. The number of fused-ring (bicyclic) bond motifs is 3. The summed E-state index contributed by atoms with van der Waals surface area (Å²) in [6, 6.07) is 16.2. The molecule has 1 aliphatic carbocycles. The number of nitrogens with one attached hydrogen (secondary N) is 2. The molecule has 0 unspecified atom stereocenters. The van der Waals surface area contributed by atoms with Crippen molar-refractivity contribution in [2.45, 2.75) is 46.1 Å². The smallest absolute Gasteiger partial charge is 0.407 e. The van der Waals surface area contributed by atoms with Gasteiger partial charge in [0.1, 0.15) is 6.61 Å². The minimum atomic E-state index is -1.16. The molecular weight excluding hydrogens is 432 g/mol. The number of rotatable bonds is 8. The molecule has 0 atom stereocenters. The van der Waals surface area contributed by atoms with Crippen LogP contribution in [0, 0.1) is 5.41 Å². The van der Waals surface area contributed by atoms with Crippen molar-refractivity contribution in [2.24, 2.45) is 5.41 Å². The Morgan fingerprint density at radius 3 is 2.03 bits per heavy atom. The summed E-state index contributed by atoms with van der Waals surface area (Å²) in [6.45, 7) is 8.39. The van der Waals surface area contributed by atoms with Gasteiger partial charge in [-0.3, -0.25) is 9.59 Å². The fourth-order valence-corrected chi connectivity index (χ4v) is 3.84. The number of alkyl carbamates (subject to hydrolysis) is 1. The molecular formula is C27H32N2O5. The normalized spacial score (nSPS) is 13.6. The molecule has 180 valence electrons. The summed E-state index contributed by atoms with van der Waals surface area (Å²) in [4.78, 5) is 36.3. The maximum atomic E-state index is 12.5. The molecule has 0 aliphatic heterocycles. The highest BCUT2D eigenvalue weighted by Gasteiger charge is 2.44. The Morgan fingerprint density at radius 1 is 0.971 bits per heavy atom. The molecule has 0 saturated heterocycles. The molecule has 7 nitrogen and oxygen atoms in total. The predicted molar refractivity (Wildman–Crippen MR) is 130 cm³/mol. The predicted octanol–water partition coefficient (Wildman–Crippen LogP) is 4.48. The number of aliphatic carboxylic acids is 1. The van der Waals surface area contributed by atoms with Crippen LogP contribution in [-0.4, -0.2) is 41.8 Å². The van der Waals surface area contributed by atoms with Crippen molar-refractivity contribution in [1.82, 2.24) is 10.6 Å². The number of amides is 2. The van der Waals surface area contributed by atoms with E-state index >= 15 is 0 Å². The fourth-order valence-electron chi connectivity index (χ4n) is 3.84. The minimum absolute atomic E-state index is 0.0268. The number of carboxylic acids is 1. The highest BCUT2D eigenvalue weighted by Crippen LogP contribution is 2.44. The van der Waals surface area contributed by atoms with Crippen LogP contribution >= 0.6 is 0 Å². The molecule has 7 heteroatoms. The van der Waals surface area contributed by atoms with Crippen LogP contribution in [0.3, 0.4) is 0 Å². The molecule has 0 bridgehead atoms. The van der Waals surface area contributed by atoms with Crippen LogP contribution < -0.4 is 10.6 Å². The van der Waals surface area contributed by atoms with Crippen molar-refractivity contribution in [3.63, 3.8) is 0 Å². The van der Waals surface area contributed by atoms with Gasteiger partial charge in [-0.05, 0) is 56.9 Å². The summed E-state index contributed by atoms with van der Waals surface area (Å²) in [7, 11) is 0. The van der Waals surface area contributed by atoms with Gasteiger partial charge < -0.3 is 20.5 Å². The summed E-state index contributed by atoms with van der Waals surface area (Å²) in [5.74, 6) is -1.42. The molecule has 0 heterocycles. The highest BCUT2D eigenvalue weighted by molar-refractivity contribution is 5.94. The van der Waals surface area contributed by atoms with E-state index in [1.54, 1.807) is 40.7 Å². The van der Waals surface area contributed by atoms with Gasteiger partial charge in [-0.15, -0.1) is 0 Å². The number of carbonyl (C=O) groups excluding carboxylic acids is 2. The van der Waals surface area contributed by atoms with E-state index < -0.39 is 28.9 Å². The lowest BCUT2D eigenvalue weighted by Gasteiger charge is -2.38. The summed E-state index contributed by atoms with van der Waals surface area (Å²) in [5.41, 5.74) is 2.81. The molecule has 1 aliphatic rings. The van der Waals surface area contributed by atoms with Crippen LogP contribution in [0.2, 0.25) is 0 Å². The maximum absolute atomic E-state index is 12.5. The number of hydrogen-bond donors (Lipinski definition) is 3. The third-order valence-corrected chi connectivity index (χ3v) is 6.88. The largest absolute Gasteiger partial charge is 0.481 e. The lowest BCUT2D eigenvalue weighted by atomic mass is 9.74. The Bertz CT molecular complexity index is 1090. The molecule has 3 N–H and O–H groups in total. The Kier molecular flexibility index (Phi) is 7.15. The number of benzene rings is 2. The van der Waals surface area contributed by atoms with Crippen molar-refractivity contribution in [3.05, 3.63) is 71.3 Å². The van der Waals surface area contributed by atoms with Crippen molar-refractivity contribution in [1.29, 1.82) is 0 Å². The number of hydrogen-bond acceptors (Lipinski definition) is 4. The molecule has 2 aromatic rings. The van der Waals surface area contributed by atoms with Gasteiger partial charge in [0.15, 0.2) is 0 Å². The van der Waals surface area contributed by atoms with Crippen LogP contribution in [0.15, 0.2) is 60.2 Å². The average Bonchev–Trinajstić information content (AvgIpc) is 3.10. The topological polar surface area (TPSA) is 105 Å². The minimum Gasteiger partial charge on any atom is -0.481 e. The number of carboxylic acid groups (broad SMARTS) is 1. The van der Waals surface area contributed by atoms with Crippen molar-refractivity contribution < 1.29 is 24.2 Å². The van der Waals surface area contributed by atoms with E-state index in [0.29, 0.717) is 5.57 Å². The van der Waals surface area contributed by atoms with Crippen LogP contribution in [0.5, 0.6) is 0 Å². The lowest BCUT2D eigenvalue weighted by Crippen LogP contribution is -2.57. The molecule has 34 heavy (non-hydrogen) atoms. The van der Waals surface area contributed by atoms with Crippen molar-refractivity contribution in [3.8, 4) is 11.1 Å². The van der Waals surface area contributed by atoms with E-state index in [1.807, 2.05) is 24.3 Å². The fraction of sp³-hybridized carbons (Fsp3) is 0.370. The zero-order chi connectivity index (χ0) is 25.1. The van der Waals surface area contributed by atoms with Crippen LogP contribution in [0.1, 0.15) is 51.7 Å². The van der Waals surface area contributed by atoms with Gasteiger partial charge in [0.25, 0.3) is 0 Å². The standard InChI is InChI=1S/C27H32N2O5/c1-17(23(30)29-27(4,5)26(2,3)24(31)32)14-15-28-25(33)34-16-22-20-12-8-6-10-18(20)19-11-7-9-13-21(19)22/h6-14,22H,15-16H2,1-5H3,(H,28,33)(H,29,30)(H,31,32)/b17-14+. The molecule has 0 saturated carbocycles. The molecule has 0 radical (unpaired) electrons. The van der Waals surface area contributed by atoms with Gasteiger partial charge in [0.2, 0.25) is 5.91 Å². The summed E-state index contributed by atoms with van der Waals surface area (Å²) >= 11 is 0. The summed E-state index contributed by atoms with van der Waals surface area (Å²) < 4.78 is 5.49. The van der Waals surface area contributed by atoms with Gasteiger partial charge in [-0.1, -0.05) is 54.6 Å². The van der Waals surface area contributed by atoms with Crippen molar-refractivity contribution >= 4 is 18.0 Å². The van der Waals surface area contributed by atoms with E-state index in [2.05, 4.69) is 34.9 Å². The SMILES string of the molecule is C/C(=C\CNC(=O)OCC1c2ccccc2-c2ccccc21)C(=O)NC(C)(C)C(C)(C)C(=O)O. The molecule has 2 aromatic carbocycles. The molecule has 0 aromatic heterocycles. The first-order chi connectivity index (χ1) is 16.0. The van der Waals surface area contributed by atoms with Gasteiger partial charge >= 0.3 is 12.1 Å². The second-order valence-electron chi connectivity index (χ2n) is 9.60. The highest BCUT2D eigenvalue weighted by atomic mass is 16.5. The monoisotopic (exact) mass is 464 g/mol. The van der Waals surface area contributed by atoms with E-state index in [9.17, 15) is 19.5 Å². The Hall–Kier alpha value is -3.61. The summed E-state index contributed by atoms with van der Waals surface area (Å²) in [6.07, 6.45) is 0.999. The first kappa shape index (κ1) is 25.0. The van der Waals surface area contributed by atoms with E-state index in [1.165, 1.54) is 0 Å². The molecule has 0 spiro atoms. The second-order valence-corrected chi connectivity index (χ2v) is 9.60. The quantitative estimate of drug-likeness (QED) is 0.500. The van der Waals surface area contributed by atoms with Crippen LogP contribution in [0.25, 0.3) is 11.1 Å². The summed E-state index contributed by atoms with van der Waals surface area (Å²) in [5, 5.41) is 14.8. The zero-order valence-electron chi connectivity index (χ0n) is 20.3. The number of ether oxygens (including phenoxy) is 1. The van der Waals surface area contributed by atoms with Crippen molar-refractivity contribution in [2.75, 3.05) is 13.2 Å². The maximum Gasteiger partial charge on any atom is 0.407 e. The van der Waals surface area contributed by atoms with Gasteiger partial charge in [-0.25, -0.2) is 4.79 Å². The van der Waals surface area contributed by atoms with E-state index in [4.69, 9.17) is 4.74 Å². The van der Waals surface area contributed by atoms with Gasteiger partial charge in [-0.2, -0.15) is 0 Å². The first-order valence-electron chi connectivity index (χ1n) is 11.3. The van der Waals surface area contributed by atoms with Gasteiger partial charge in [0, 0.05) is 18.0 Å². The Morgan fingerprint density at radius 2 is 1.50 bits per heavy atom. The zero-order valence-corrected chi connectivity index (χ0v) is 20.3. The third-order valence-electron chi connectivity index (χ3n) is 6.88. The van der Waals surface area contributed by atoms with E-state index in [-0.39, 0.29) is 19.1 Å². The first-order valence-corrected chi connectivity index (χ1v) is 11.3. The average molecular weight is 465 g/mol. The second kappa shape index (κ2) is 9.71. The molecule has 2 amide bonds. The molecule has 3 rings (SSSR count). The Balaban J connectivity index is 1.54. The van der Waals surface area contributed by atoms with Gasteiger partial charge in [0.05, 0.1) is 11.0 Å². The third kappa shape index (κ3) is 4.98. The van der Waals surface area contributed by atoms with E-state index in [0.717, 1.165) is 22.3 Å². The van der Waals surface area contributed by atoms with Crippen LogP contribution in [0.4, 0.5) is 4.79 Å². The lowest BCUT2D eigenvalue weighted by molar-refractivity contribution is -0.151.